The molecule has 0 aromatic heterocycles. The van der Waals surface area contributed by atoms with Crippen LogP contribution in [0.1, 0.15) is 13.3 Å². The fourth-order valence-corrected chi connectivity index (χ4v) is 2.67. The second-order valence-electron chi connectivity index (χ2n) is 5.20. The van der Waals surface area contributed by atoms with Crippen molar-refractivity contribution in [3.63, 3.8) is 0 Å². The standard InChI is InChI=1S/C16H23N3O3S/c1-3-4-15(21-2)16(20)19-11-9-18(10-12-19)14-7-5-13(6-8-14)17-22-23/h4-8,17,23H,3,9-12H2,1-2H3/b15-4-. The van der Waals surface area contributed by atoms with Gasteiger partial charge in [0.2, 0.25) is 0 Å². The number of hydrogen-bond donors (Lipinski definition) is 2. The zero-order chi connectivity index (χ0) is 16.7. The minimum atomic E-state index is -0.0283. The molecule has 1 saturated heterocycles. The average Bonchev–Trinajstić information content (AvgIpc) is 2.60. The first kappa shape index (κ1) is 17.5. The molecule has 1 aromatic rings. The third kappa shape index (κ3) is 4.56. The Bertz CT molecular complexity index is 540. The molecule has 126 valence electrons. The van der Waals surface area contributed by atoms with E-state index in [-0.39, 0.29) is 5.91 Å². The van der Waals surface area contributed by atoms with E-state index >= 15 is 0 Å². The Kier molecular flexibility index (Phi) is 6.61. The van der Waals surface area contributed by atoms with Crippen LogP contribution in [0.15, 0.2) is 36.1 Å². The van der Waals surface area contributed by atoms with Gasteiger partial charge in [-0.1, -0.05) is 6.92 Å². The molecule has 1 fully saturated rings. The van der Waals surface area contributed by atoms with Gasteiger partial charge >= 0.3 is 0 Å². The van der Waals surface area contributed by atoms with Crippen LogP contribution in [0.4, 0.5) is 11.4 Å². The first-order valence-corrected chi connectivity index (χ1v) is 8.01. The van der Waals surface area contributed by atoms with E-state index in [1.165, 1.54) is 0 Å². The lowest BCUT2D eigenvalue weighted by Crippen LogP contribution is -2.49. The number of hydrogen-bond acceptors (Lipinski definition) is 6. The highest BCUT2D eigenvalue weighted by Gasteiger charge is 2.24. The molecular formula is C16H23N3O3S. The number of carbonyl (C=O) groups is 1. The molecule has 1 aromatic carbocycles. The summed E-state index contributed by atoms with van der Waals surface area (Å²) in [5.74, 6) is 0.405. The Morgan fingerprint density at radius 1 is 1.26 bits per heavy atom. The molecule has 0 radical (unpaired) electrons. The van der Waals surface area contributed by atoms with Gasteiger partial charge in [-0.15, -0.1) is 0 Å². The number of nitrogens with one attached hydrogen (secondary N) is 1. The van der Waals surface area contributed by atoms with Gasteiger partial charge in [0, 0.05) is 44.8 Å². The van der Waals surface area contributed by atoms with E-state index in [1.807, 2.05) is 42.2 Å². The van der Waals surface area contributed by atoms with E-state index in [2.05, 4.69) is 27.6 Å². The van der Waals surface area contributed by atoms with Crippen molar-refractivity contribution in [2.24, 2.45) is 0 Å². The number of ether oxygens (including phenoxy) is 1. The number of benzene rings is 1. The Morgan fingerprint density at radius 3 is 2.43 bits per heavy atom. The molecular weight excluding hydrogens is 314 g/mol. The number of nitrogens with zero attached hydrogens (tertiary/aromatic N) is 2. The molecule has 1 N–H and O–H groups in total. The predicted octanol–water partition coefficient (Wildman–Crippen LogP) is 2.46. The van der Waals surface area contributed by atoms with Gasteiger partial charge in [-0.2, -0.15) is 0 Å². The zero-order valence-electron chi connectivity index (χ0n) is 13.5. The summed E-state index contributed by atoms with van der Waals surface area (Å²) in [6.07, 6.45) is 2.61. The molecule has 0 bridgehead atoms. The topological polar surface area (TPSA) is 54.0 Å². The number of methoxy groups -OCH3 is 1. The van der Waals surface area contributed by atoms with Gasteiger partial charge in [-0.3, -0.25) is 10.3 Å². The van der Waals surface area contributed by atoms with Crippen molar-refractivity contribution in [3.8, 4) is 0 Å². The summed E-state index contributed by atoms with van der Waals surface area (Å²) < 4.78 is 9.76. The smallest absolute Gasteiger partial charge is 0.288 e. The van der Waals surface area contributed by atoms with Crippen LogP contribution < -0.4 is 10.4 Å². The number of allylic oxidation sites excluding steroid dienone is 1. The molecule has 0 atom stereocenters. The van der Waals surface area contributed by atoms with E-state index in [4.69, 9.17) is 4.74 Å². The molecule has 2 rings (SSSR count). The lowest BCUT2D eigenvalue weighted by Gasteiger charge is -2.36. The number of anilines is 2. The van der Waals surface area contributed by atoms with Crippen molar-refractivity contribution < 1.29 is 13.8 Å². The van der Waals surface area contributed by atoms with Crippen molar-refractivity contribution in [2.45, 2.75) is 13.3 Å². The fraction of sp³-hybridized carbons (Fsp3) is 0.438. The minimum Gasteiger partial charge on any atom is -0.491 e. The van der Waals surface area contributed by atoms with Crippen LogP contribution in [-0.2, 0) is 13.8 Å². The summed E-state index contributed by atoms with van der Waals surface area (Å²) in [5.41, 5.74) is 4.63. The quantitative estimate of drug-likeness (QED) is 0.275. The minimum absolute atomic E-state index is 0.0283. The first-order valence-electron chi connectivity index (χ1n) is 7.64. The van der Waals surface area contributed by atoms with Gasteiger partial charge < -0.3 is 14.5 Å². The van der Waals surface area contributed by atoms with Gasteiger partial charge in [0.05, 0.1) is 12.8 Å². The second-order valence-corrected chi connectivity index (χ2v) is 5.38. The van der Waals surface area contributed by atoms with Gasteiger partial charge in [-0.25, -0.2) is 4.28 Å². The van der Waals surface area contributed by atoms with Crippen molar-refractivity contribution in [1.82, 2.24) is 4.90 Å². The molecule has 0 saturated carbocycles. The Hall–Kier alpha value is -1.86. The van der Waals surface area contributed by atoms with E-state index < -0.39 is 0 Å². The van der Waals surface area contributed by atoms with Crippen molar-refractivity contribution in [2.75, 3.05) is 43.7 Å². The normalized spacial score (nSPS) is 15.5. The van der Waals surface area contributed by atoms with Crippen molar-refractivity contribution in [1.29, 1.82) is 0 Å². The van der Waals surface area contributed by atoms with Crippen LogP contribution in [0, 0.1) is 0 Å². The highest BCUT2D eigenvalue weighted by molar-refractivity contribution is 7.75. The van der Waals surface area contributed by atoms with E-state index in [9.17, 15) is 4.79 Å². The van der Waals surface area contributed by atoms with E-state index in [0.29, 0.717) is 18.8 Å². The Morgan fingerprint density at radius 2 is 1.91 bits per heavy atom. The number of carbonyl (C=O) groups excluding carboxylic acids is 1. The second kappa shape index (κ2) is 8.69. The van der Waals surface area contributed by atoms with Gasteiger partial charge in [0.1, 0.15) is 0 Å². The van der Waals surface area contributed by atoms with Crippen LogP contribution in [0.25, 0.3) is 0 Å². The van der Waals surface area contributed by atoms with Crippen LogP contribution in [0.5, 0.6) is 0 Å². The summed E-state index contributed by atoms with van der Waals surface area (Å²) in [7, 11) is 1.54. The summed E-state index contributed by atoms with van der Waals surface area (Å²) >= 11 is 3.65. The number of piperazine rings is 1. The highest BCUT2D eigenvalue weighted by Crippen LogP contribution is 2.20. The fourth-order valence-electron chi connectivity index (χ4n) is 2.56. The summed E-state index contributed by atoms with van der Waals surface area (Å²) in [6, 6.07) is 7.89. The molecule has 0 unspecified atom stereocenters. The molecule has 7 heteroatoms. The third-order valence-electron chi connectivity index (χ3n) is 3.78. The SMILES string of the molecule is CC/C=C(\OC)C(=O)N1CCN(c2ccc(NOS)cc2)CC1. The third-order valence-corrected chi connectivity index (χ3v) is 3.87. The molecule has 1 amide bonds. The van der Waals surface area contributed by atoms with Crippen molar-refractivity contribution in [3.05, 3.63) is 36.1 Å². The maximum atomic E-state index is 12.4. The zero-order valence-corrected chi connectivity index (χ0v) is 14.4. The van der Waals surface area contributed by atoms with Crippen LogP contribution in [-0.4, -0.2) is 44.1 Å². The summed E-state index contributed by atoms with van der Waals surface area (Å²) in [4.78, 5) is 16.5. The van der Waals surface area contributed by atoms with Gasteiger partial charge in [-0.05, 0) is 36.8 Å². The monoisotopic (exact) mass is 337 g/mol. The predicted molar refractivity (Wildman–Crippen MR) is 94.3 cm³/mol. The molecule has 0 aliphatic carbocycles. The van der Waals surface area contributed by atoms with Crippen LogP contribution >= 0.6 is 12.9 Å². The largest absolute Gasteiger partial charge is 0.491 e. The Balaban J connectivity index is 1.93. The molecule has 1 heterocycles. The maximum Gasteiger partial charge on any atom is 0.288 e. The molecule has 1 aliphatic heterocycles. The first-order chi connectivity index (χ1) is 11.2. The van der Waals surface area contributed by atoms with Crippen LogP contribution in [0.2, 0.25) is 0 Å². The van der Waals surface area contributed by atoms with E-state index in [0.717, 1.165) is 30.9 Å². The maximum absolute atomic E-state index is 12.4. The van der Waals surface area contributed by atoms with Crippen molar-refractivity contribution >= 4 is 30.2 Å². The van der Waals surface area contributed by atoms with Crippen LogP contribution in [0.3, 0.4) is 0 Å². The van der Waals surface area contributed by atoms with Gasteiger partial charge in [0.25, 0.3) is 5.91 Å². The lowest BCUT2D eigenvalue weighted by atomic mass is 10.2. The van der Waals surface area contributed by atoms with Gasteiger partial charge in [0.15, 0.2) is 5.76 Å². The highest BCUT2D eigenvalue weighted by atomic mass is 32.1. The molecule has 23 heavy (non-hydrogen) atoms. The van der Waals surface area contributed by atoms with E-state index in [1.54, 1.807) is 7.11 Å². The number of thiol groups is 1. The lowest BCUT2D eigenvalue weighted by molar-refractivity contribution is -0.130. The molecule has 6 nitrogen and oxygen atoms in total. The average molecular weight is 337 g/mol. The molecule has 0 spiro atoms. The number of amides is 1. The summed E-state index contributed by atoms with van der Waals surface area (Å²) in [5, 5.41) is 0. The molecule has 1 aliphatic rings. The Labute approximate surface area is 142 Å². The summed E-state index contributed by atoms with van der Waals surface area (Å²) in [6.45, 7) is 4.95. The number of rotatable bonds is 6.